The zero-order valence-electron chi connectivity index (χ0n) is 20.1. The largest absolute Gasteiger partial charge is 0.493 e. The number of pyridine rings is 1. The van der Waals surface area contributed by atoms with E-state index >= 15 is 0 Å². The van der Waals surface area contributed by atoms with Crippen LogP contribution < -0.4 is 25.5 Å². The molecule has 35 heavy (non-hydrogen) atoms. The zero-order chi connectivity index (χ0) is 25.4. The number of aromatic nitrogens is 1. The molecule has 9 nitrogen and oxygen atoms in total. The number of rotatable bonds is 11. The summed E-state index contributed by atoms with van der Waals surface area (Å²) < 4.78 is 17.7. The van der Waals surface area contributed by atoms with Gasteiger partial charge in [0.05, 0.1) is 20.8 Å². The molecule has 2 aromatic heterocycles. The second-order valence-electron chi connectivity index (χ2n) is 7.79. The Bertz CT molecular complexity index is 1270. The fourth-order valence-electron chi connectivity index (χ4n) is 3.51. The number of carbonyl (C=O) groups is 2. The van der Waals surface area contributed by atoms with Gasteiger partial charge in [0.15, 0.2) is 11.5 Å². The number of hydrogen-bond donors (Lipinski definition) is 2. The molecule has 1 aromatic carbocycles. The van der Waals surface area contributed by atoms with E-state index in [1.54, 1.807) is 30.9 Å². The molecule has 0 bridgehead atoms. The fraction of sp³-hybridized carbons (Fsp3) is 0.269. The average molecular weight is 480 g/mol. The highest BCUT2D eigenvalue weighted by molar-refractivity contribution is 5.99. The van der Waals surface area contributed by atoms with Gasteiger partial charge in [-0.1, -0.05) is 12.1 Å². The molecule has 0 unspecified atom stereocenters. The molecule has 0 aliphatic rings. The Morgan fingerprint density at radius 1 is 1.03 bits per heavy atom. The molecular formula is C26H29N3O6. The van der Waals surface area contributed by atoms with Crippen LogP contribution in [0.5, 0.6) is 11.5 Å². The van der Waals surface area contributed by atoms with Crippen LogP contribution in [-0.2, 0) is 13.0 Å². The standard InChI is InChI=1S/C26H29N3O6/c1-5-11-27-25(31)20-15-29(14-19-8-6-17(2)35-19)16-21(24(20)30)26(32)28-12-10-18-7-9-22(33-3)23(13-18)34-4/h5-9,13,15-16H,1,10-12,14H2,2-4H3,(H,27,31)(H,28,32). The summed E-state index contributed by atoms with van der Waals surface area (Å²) in [6.07, 6.45) is 4.85. The first-order valence-electron chi connectivity index (χ1n) is 11.0. The van der Waals surface area contributed by atoms with Gasteiger partial charge in [-0.25, -0.2) is 0 Å². The van der Waals surface area contributed by atoms with Crippen molar-refractivity contribution < 1.29 is 23.5 Å². The first-order chi connectivity index (χ1) is 16.9. The molecule has 184 valence electrons. The molecule has 3 aromatic rings. The minimum Gasteiger partial charge on any atom is -0.493 e. The summed E-state index contributed by atoms with van der Waals surface area (Å²) in [4.78, 5) is 38.5. The summed E-state index contributed by atoms with van der Waals surface area (Å²) in [5.74, 6) is 1.41. The van der Waals surface area contributed by atoms with Gasteiger partial charge in [0, 0.05) is 25.5 Å². The summed E-state index contributed by atoms with van der Waals surface area (Å²) in [7, 11) is 3.11. The van der Waals surface area contributed by atoms with E-state index in [4.69, 9.17) is 13.9 Å². The van der Waals surface area contributed by atoms with Crippen LogP contribution in [0.3, 0.4) is 0 Å². The lowest BCUT2D eigenvalue weighted by molar-refractivity contribution is 0.0952. The van der Waals surface area contributed by atoms with Crippen LogP contribution in [0.4, 0.5) is 0 Å². The molecule has 2 heterocycles. The number of ether oxygens (including phenoxy) is 2. The van der Waals surface area contributed by atoms with Crippen molar-refractivity contribution >= 4 is 11.8 Å². The van der Waals surface area contributed by atoms with E-state index in [9.17, 15) is 14.4 Å². The lowest BCUT2D eigenvalue weighted by atomic mass is 10.1. The molecule has 2 amide bonds. The van der Waals surface area contributed by atoms with Gasteiger partial charge < -0.3 is 29.1 Å². The number of amides is 2. The van der Waals surface area contributed by atoms with E-state index < -0.39 is 17.2 Å². The Morgan fingerprint density at radius 2 is 1.71 bits per heavy atom. The van der Waals surface area contributed by atoms with Crippen molar-refractivity contribution in [3.05, 3.63) is 93.8 Å². The number of nitrogens with one attached hydrogen (secondary N) is 2. The minimum absolute atomic E-state index is 0.133. The third-order valence-corrected chi connectivity index (χ3v) is 5.26. The van der Waals surface area contributed by atoms with Crippen molar-refractivity contribution in [3.8, 4) is 11.5 Å². The second-order valence-corrected chi connectivity index (χ2v) is 7.79. The second kappa shape index (κ2) is 11.7. The van der Waals surface area contributed by atoms with Gasteiger partial charge in [-0.3, -0.25) is 14.4 Å². The van der Waals surface area contributed by atoms with E-state index in [2.05, 4.69) is 17.2 Å². The Labute approximate surface area is 203 Å². The number of aryl methyl sites for hydroxylation is 1. The Balaban J connectivity index is 1.81. The third-order valence-electron chi connectivity index (χ3n) is 5.26. The molecular weight excluding hydrogens is 450 g/mol. The summed E-state index contributed by atoms with van der Waals surface area (Å²) in [6, 6.07) is 9.10. The van der Waals surface area contributed by atoms with Crippen LogP contribution in [0.25, 0.3) is 0 Å². The van der Waals surface area contributed by atoms with Gasteiger partial charge in [-0.2, -0.15) is 0 Å². The van der Waals surface area contributed by atoms with Crippen molar-refractivity contribution in [1.82, 2.24) is 15.2 Å². The maximum atomic E-state index is 13.0. The van der Waals surface area contributed by atoms with Crippen molar-refractivity contribution in [2.24, 2.45) is 0 Å². The van der Waals surface area contributed by atoms with E-state index in [-0.39, 0.29) is 30.8 Å². The topological polar surface area (TPSA) is 112 Å². The molecule has 0 fully saturated rings. The maximum Gasteiger partial charge on any atom is 0.257 e. The van der Waals surface area contributed by atoms with Gasteiger partial charge in [-0.15, -0.1) is 6.58 Å². The maximum absolute atomic E-state index is 13.0. The van der Waals surface area contributed by atoms with Gasteiger partial charge in [0.2, 0.25) is 5.43 Å². The van der Waals surface area contributed by atoms with E-state index in [0.717, 1.165) is 11.3 Å². The average Bonchev–Trinajstić information content (AvgIpc) is 3.27. The highest BCUT2D eigenvalue weighted by Crippen LogP contribution is 2.27. The summed E-state index contributed by atoms with van der Waals surface area (Å²) in [5.41, 5.74) is 0.00247. The van der Waals surface area contributed by atoms with Gasteiger partial charge in [0.1, 0.15) is 22.6 Å². The number of nitrogens with zero attached hydrogens (tertiary/aromatic N) is 1. The Kier molecular flexibility index (Phi) is 8.50. The van der Waals surface area contributed by atoms with Crippen LogP contribution >= 0.6 is 0 Å². The highest BCUT2D eigenvalue weighted by Gasteiger charge is 2.19. The summed E-state index contributed by atoms with van der Waals surface area (Å²) in [5, 5.41) is 5.35. The summed E-state index contributed by atoms with van der Waals surface area (Å²) in [6.45, 7) is 6.10. The number of methoxy groups -OCH3 is 2. The predicted octanol–water partition coefficient (Wildman–Crippen LogP) is 2.70. The van der Waals surface area contributed by atoms with Crippen LogP contribution in [0.1, 0.15) is 37.8 Å². The van der Waals surface area contributed by atoms with Crippen LogP contribution in [0.15, 0.2) is 64.6 Å². The van der Waals surface area contributed by atoms with Crippen LogP contribution in [0, 0.1) is 6.92 Å². The van der Waals surface area contributed by atoms with E-state index in [1.807, 2.05) is 25.1 Å². The third kappa shape index (κ3) is 6.41. The molecule has 9 heteroatoms. The smallest absolute Gasteiger partial charge is 0.257 e. The first-order valence-corrected chi connectivity index (χ1v) is 11.0. The molecule has 0 atom stereocenters. The monoisotopic (exact) mass is 479 g/mol. The molecule has 0 spiro atoms. The molecule has 3 rings (SSSR count). The Hall–Kier alpha value is -4.27. The molecule has 0 saturated carbocycles. The van der Waals surface area contributed by atoms with Crippen molar-refractivity contribution in [3.63, 3.8) is 0 Å². The quantitative estimate of drug-likeness (QED) is 0.409. The minimum atomic E-state index is -0.651. The summed E-state index contributed by atoms with van der Waals surface area (Å²) >= 11 is 0. The zero-order valence-corrected chi connectivity index (χ0v) is 20.1. The van der Waals surface area contributed by atoms with Crippen molar-refractivity contribution in [2.45, 2.75) is 19.9 Å². The number of benzene rings is 1. The number of carbonyl (C=O) groups excluding carboxylic acids is 2. The van der Waals surface area contributed by atoms with E-state index in [0.29, 0.717) is 23.7 Å². The van der Waals surface area contributed by atoms with Crippen LogP contribution in [0.2, 0.25) is 0 Å². The predicted molar refractivity (Wildman–Crippen MR) is 131 cm³/mol. The van der Waals surface area contributed by atoms with Crippen LogP contribution in [-0.4, -0.2) is 43.7 Å². The number of furan rings is 1. The van der Waals surface area contributed by atoms with Gasteiger partial charge in [-0.05, 0) is 43.2 Å². The molecule has 0 aliphatic heterocycles. The lowest BCUT2D eigenvalue weighted by Crippen LogP contribution is -2.36. The molecule has 0 aliphatic carbocycles. The lowest BCUT2D eigenvalue weighted by Gasteiger charge is -2.12. The van der Waals surface area contributed by atoms with Crippen molar-refractivity contribution in [2.75, 3.05) is 27.3 Å². The van der Waals surface area contributed by atoms with Crippen molar-refractivity contribution in [1.29, 1.82) is 0 Å². The molecule has 0 radical (unpaired) electrons. The highest BCUT2D eigenvalue weighted by atomic mass is 16.5. The normalized spacial score (nSPS) is 10.5. The van der Waals surface area contributed by atoms with E-state index in [1.165, 1.54) is 18.5 Å². The van der Waals surface area contributed by atoms with Gasteiger partial charge in [0.25, 0.3) is 11.8 Å². The molecule has 2 N–H and O–H groups in total. The first kappa shape index (κ1) is 25.4. The fourth-order valence-corrected chi connectivity index (χ4v) is 3.51. The Morgan fingerprint density at radius 3 is 2.31 bits per heavy atom. The molecule has 0 saturated heterocycles. The van der Waals surface area contributed by atoms with Gasteiger partial charge >= 0.3 is 0 Å². The number of hydrogen-bond acceptors (Lipinski definition) is 6. The SMILES string of the molecule is C=CCNC(=O)c1cn(Cc2ccc(C)o2)cc(C(=O)NCCc2ccc(OC)c(OC)c2)c1=O.